The van der Waals surface area contributed by atoms with Gasteiger partial charge < -0.3 is 9.32 Å². The van der Waals surface area contributed by atoms with E-state index in [1.165, 1.54) is 18.2 Å². The first-order valence-corrected chi connectivity index (χ1v) is 9.78. The normalized spacial score (nSPS) is 15.3. The smallest absolute Gasteiger partial charge is 0.416 e. The number of benzene rings is 2. The van der Waals surface area contributed by atoms with Crippen LogP contribution in [0.15, 0.2) is 65.1 Å². The number of anilines is 1. The van der Waals surface area contributed by atoms with Crippen molar-refractivity contribution in [3.05, 3.63) is 82.1 Å². The van der Waals surface area contributed by atoms with Crippen LogP contribution < -0.4 is 4.90 Å². The summed E-state index contributed by atoms with van der Waals surface area (Å²) in [6.45, 7) is 3.05. The predicted molar refractivity (Wildman–Crippen MR) is 110 cm³/mol. The molecule has 4 rings (SSSR count). The first-order valence-electron chi connectivity index (χ1n) is 9.78. The molecule has 31 heavy (non-hydrogen) atoms. The molecule has 2 aromatic carbocycles. The summed E-state index contributed by atoms with van der Waals surface area (Å²) in [5.41, 5.74) is 0.322. The highest BCUT2D eigenvalue weighted by Crippen LogP contribution is 2.33. The van der Waals surface area contributed by atoms with Gasteiger partial charge in [-0.25, -0.2) is 0 Å². The Balaban J connectivity index is 1.39. The SMILES string of the molecule is O=[N+]([O-])c1ccccc1-c1ccc(CN2CCN(c3cccc(C(F)(F)F)c3)CC2)o1. The number of furan rings is 1. The molecule has 0 amide bonds. The topological polar surface area (TPSA) is 62.8 Å². The van der Waals surface area contributed by atoms with Crippen LogP contribution in [0.4, 0.5) is 24.5 Å². The Bertz CT molecular complexity index is 1070. The summed E-state index contributed by atoms with van der Waals surface area (Å²) in [6, 6.07) is 15.3. The third-order valence-corrected chi connectivity index (χ3v) is 5.32. The molecule has 162 valence electrons. The average molecular weight is 431 g/mol. The van der Waals surface area contributed by atoms with Gasteiger partial charge in [-0.2, -0.15) is 13.2 Å². The minimum atomic E-state index is -4.36. The summed E-state index contributed by atoms with van der Waals surface area (Å²) < 4.78 is 44.7. The summed E-state index contributed by atoms with van der Waals surface area (Å²) in [6.07, 6.45) is -4.36. The lowest BCUT2D eigenvalue weighted by Gasteiger charge is -2.35. The van der Waals surface area contributed by atoms with Gasteiger partial charge in [-0.05, 0) is 36.4 Å². The van der Waals surface area contributed by atoms with Crippen molar-refractivity contribution >= 4 is 11.4 Å². The number of nitro benzene ring substituents is 1. The van der Waals surface area contributed by atoms with Crippen LogP contribution in [0.3, 0.4) is 0 Å². The molecule has 0 radical (unpaired) electrons. The maximum atomic E-state index is 13.0. The number of nitro groups is 1. The van der Waals surface area contributed by atoms with Gasteiger partial charge in [-0.15, -0.1) is 0 Å². The molecule has 6 nitrogen and oxygen atoms in total. The van der Waals surface area contributed by atoms with Crippen LogP contribution in [0.25, 0.3) is 11.3 Å². The second-order valence-electron chi connectivity index (χ2n) is 7.35. The molecule has 2 heterocycles. The quantitative estimate of drug-likeness (QED) is 0.411. The van der Waals surface area contributed by atoms with E-state index in [1.54, 1.807) is 36.4 Å². The lowest BCUT2D eigenvalue weighted by atomic mass is 10.1. The molecule has 0 N–H and O–H groups in total. The van der Waals surface area contributed by atoms with Crippen LogP contribution in [0.5, 0.6) is 0 Å². The van der Waals surface area contributed by atoms with E-state index in [-0.39, 0.29) is 5.69 Å². The largest absolute Gasteiger partial charge is 0.459 e. The molecule has 1 aliphatic heterocycles. The number of hydrogen-bond acceptors (Lipinski definition) is 5. The number of halogens is 3. The van der Waals surface area contributed by atoms with Gasteiger partial charge in [0.05, 0.1) is 22.6 Å². The Morgan fingerprint density at radius 2 is 1.71 bits per heavy atom. The third kappa shape index (κ3) is 4.72. The first kappa shape index (κ1) is 20.9. The highest BCUT2D eigenvalue weighted by Gasteiger charge is 2.31. The Hall–Kier alpha value is -3.33. The molecule has 0 aliphatic carbocycles. The van der Waals surface area contributed by atoms with Gasteiger partial charge in [0.2, 0.25) is 0 Å². The van der Waals surface area contributed by atoms with E-state index in [0.717, 1.165) is 6.07 Å². The first-order chi connectivity index (χ1) is 14.8. The third-order valence-electron chi connectivity index (χ3n) is 5.32. The summed E-state index contributed by atoms with van der Waals surface area (Å²) in [4.78, 5) is 14.9. The van der Waals surface area contributed by atoms with Crippen molar-refractivity contribution in [1.82, 2.24) is 4.90 Å². The van der Waals surface area contributed by atoms with Gasteiger partial charge in [0, 0.05) is 37.9 Å². The molecular weight excluding hydrogens is 411 g/mol. The molecule has 0 saturated carbocycles. The van der Waals surface area contributed by atoms with Gasteiger partial charge in [0.25, 0.3) is 5.69 Å². The van der Waals surface area contributed by atoms with Crippen LogP contribution in [-0.4, -0.2) is 36.0 Å². The molecule has 1 saturated heterocycles. The van der Waals surface area contributed by atoms with Crippen molar-refractivity contribution in [2.75, 3.05) is 31.1 Å². The number of hydrogen-bond donors (Lipinski definition) is 0. The molecule has 0 bridgehead atoms. The van der Waals surface area contributed by atoms with Crippen LogP contribution in [-0.2, 0) is 12.7 Å². The molecule has 0 unspecified atom stereocenters. The van der Waals surface area contributed by atoms with Crippen molar-refractivity contribution in [2.24, 2.45) is 0 Å². The van der Waals surface area contributed by atoms with E-state index in [2.05, 4.69) is 4.90 Å². The fraction of sp³-hybridized carbons (Fsp3) is 0.273. The van der Waals surface area contributed by atoms with Crippen LogP contribution in [0, 0.1) is 10.1 Å². The summed E-state index contributed by atoms with van der Waals surface area (Å²) in [5.74, 6) is 1.12. The lowest BCUT2D eigenvalue weighted by Crippen LogP contribution is -2.46. The van der Waals surface area contributed by atoms with E-state index in [4.69, 9.17) is 4.42 Å². The maximum absolute atomic E-state index is 13.0. The van der Waals surface area contributed by atoms with Gasteiger partial charge in [-0.1, -0.05) is 18.2 Å². The van der Waals surface area contributed by atoms with Crippen LogP contribution in [0.2, 0.25) is 0 Å². The zero-order valence-electron chi connectivity index (χ0n) is 16.5. The zero-order chi connectivity index (χ0) is 22.0. The zero-order valence-corrected chi connectivity index (χ0v) is 16.5. The highest BCUT2D eigenvalue weighted by molar-refractivity contribution is 5.69. The number of piperazine rings is 1. The monoisotopic (exact) mass is 431 g/mol. The fourth-order valence-electron chi connectivity index (χ4n) is 3.71. The lowest BCUT2D eigenvalue weighted by molar-refractivity contribution is -0.384. The second kappa shape index (κ2) is 8.43. The molecule has 1 aliphatic rings. The Morgan fingerprint density at radius 3 is 2.42 bits per heavy atom. The van der Waals surface area contributed by atoms with E-state index >= 15 is 0 Å². The molecule has 1 aromatic heterocycles. The molecular formula is C22H20F3N3O3. The number of nitrogens with zero attached hydrogens (tertiary/aromatic N) is 3. The van der Waals surface area contributed by atoms with Gasteiger partial charge in [0.1, 0.15) is 11.5 Å². The molecule has 0 spiro atoms. The molecule has 0 atom stereocenters. The molecule has 1 fully saturated rings. The van der Waals surface area contributed by atoms with E-state index < -0.39 is 16.7 Å². The minimum Gasteiger partial charge on any atom is -0.459 e. The molecule has 9 heteroatoms. The van der Waals surface area contributed by atoms with Crippen molar-refractivity contribution < 1.29 is 22.5 Å². The summed E-state index contributed by atoms with van der Waals surface area (Å²) >= 11 is 0. The average Bonchev–Trinajstić information content (AvgIpc) is 3.22. The van der Waals surface area contributed by atoms with Crippen LogP contribution in [0.1, 0.15) is 11.3 Å². The predicted octanol–water partition coefficient (Wildman–Crippen LogP) is 5.20. The Morgan fingerprint density at radius 1 is 0.968 bits per heavy atom. The van der Waals surface area contributed by atoms with Crippen molar-refractivity contribution in [1.29, 1.82) is 0 Å². The minimum absolute atomic E-state index is 0.0156. The number of para-hydroxylation sites is 1. The standard InChI is InChI=1S/C22H20F3N3O3/c23-22(24,25)16-4-3-5-17(14-16)27-12-10-26(11-13-27)15-18-8-9-21(31-18)19-6-1-2-7-20(19)28(29)30/h1-9,14H,10-13,15H2. The number of alkyl halides is 3. The van der Waals surface area contributed by atoms with Gasteiger partial charge >= 0.3 is 6.18 Å². The number of rotatable bonds is 5. The second-order valence-corrected chi connectivity index (χ2v) is 7.35. The van der Waals surface area contributed by atoms with Crippen molar-refractivity contribution in [3.63, 3.8) is 0 Å². The van der Waals surface area contributed by atoms with Gasteiger partial charge in [-0.3, -0.25) is 15.0 Å². The Labute approximate surface area is 176 Å². The highest BCUT2D eigenvalue weighted by atomic mass is 19.4. The van der Waals surface area contributed by atoms with Crippen molar-refractivity contribution in [2.45, 2.75) is 12.7 Å². The van der Waals surface area contributed by atoms with Crippen molar-refractivity contribution in [3.8, 4) is 11.3 Å². The van der Waals surface area contributed by atoms with Gasteiger partial charge in [0.15, 0.2) is 0 Å². The van der Waals surface area contributed by atoms with E-state index in [0.29, 0.717) is 55.5 Å². The van der Waals surface area contributed by atoms with E-state index in [1.807, 2.05) is 4.90 Å². The van der Waals surface area contributed by atoms with E-state index in [9.17, 15) is 23.3 Å². The van der Waals surface area contributed by atoms with Crippen LogP contribution >= 0.6 is 0 Å². The fourth-order valence-corrected chi connectivity index (χ4v) is 3.71. The summed E-state index contributed by atoms with van der Waals surface area (Å²) in [7, 11) is 0. The molecule has 3 aromatic rings. The Kier molecular flexibility index (Phi) is 5.69. The maximum Gasteiger partial charge on any atom is 0.416 e. The summed E-state index contributed by atoms with van der Waals surface area (Å²) in [5, 5.41) is 11.2.